The molecule has 1 aliphatic heterocycles. The highest BCUT2D eigenvalue weighted by molar-refractivity contribution is 6.23. The Morgan fingerprint density at radius 1 is 1.16 bits per heavy atom. The number of aromatic nitrogens is 1. The number of imide groups is 1. The van der Waals surface area contributed by atoms with E-state index < -0.39 is 11.6 Å². The lowest BCUT2D eigenvalue weighted by atomic mass is 9.92. The zero-order valence-corrected chi connectivity index (χ0v) is 14.3. The Labute approximate surface area is 146 Å². The number of rotatable bonds is 3. The lowest BCUT2D eigenvalue weighted by Crippen LogP contribution is -2.46. The summed E-state index contributed by atoms with van der Waals surface area (Å²) in [4.78, 5) is 30.9. The molecule has 3 rings (SSSR count). The number of urea groups is 1. The number of nitriles is 1. The molecule has 2 aromatic rings. The summed E-state index contributed by atoms with van der Waals surface area (Å²) < 4.78 is 0. The molecule has 2 heterocycles. The second-order valence-corrected chi connectivity index (χ2v) is 6.50. The molecule has 1 N–H and O–H groups in total. The largest absolute Gasteiger partial charge is 0.329 e. The Kier molecular flexibility index (Phi) is 4.01. The molecular formula is C19H18N4O2. The highest BCUT2D eigenvalue weighted by Gasteiger charge is 2.48. The summed E-state index contributed by atoms with van der Waals surface area (Å²) in [6.07, 6.45) is 0.350. The van der Waals surface area contributed by atoms with E-state index in [-0.39, 0.29) is 5.91 Å². The zero-order chi connectivity index (χ0) is 18.2. The number of pyridine rings is 1. The summed E-state index contributed by atoms with van der Waals surface area (Å²) in [6.45, 7) is 5.36. The Balaban J connectivity index is 1.90. The van der Waals surface area contributed by atoms with Gasteiger partial charge in [-0.3, -0.25) is 9.78 Å². The number of hydrogen-bond acceptors (Lipinski definition) is 4. The van der Waals surface area contributed by atoms with Crippen molar-refractivity contribution in [2.24, 2.45) is 0 Å². The van der Waals surface area contributed by atoms with Crippen LogP contribution in [0.1, 0.15) is 29.4 Å². The van der Waals surface area contributed by atoms with Crippen molar-refractivity contribution in [1.29, 1.82) is 5.26 Å². The number of nitrogens with one attached hydrogen (secondary N) is 1. The molecule has 3 amide bonds. The van der Waals surface area contributed by atoms with Crippen LogP contribution in [0.2, 0.25) is 0 Å². The predicted octanol–water partition coefficient (Wildman–Crippen LogP) is 2.63. The molecule has 1 fully saturated rings. The van der Waals surface area contributed by atoms with E-state index in [0.717, 1.165) is 17.0 Å². The third-order valence-electron chi connectivity index (χ3n) is 4.23. The maximum Gasteiger partial charge on any atom is 0.329 e. The van der Waals surface area contributed by atoms with Gasteiger partial charge in [-0.05, 0) is 50.6 Å². The molecule has 25 heavy (non-hydrogen) atoms. The smallest absolute Gasteiger partial charge is 0.323 e. The lowest BCUT2D eigenvalue weighted by molar-refractivity contribution is -0.121. The second-order valence-electron chi connectivity index (χ2n) is 6.50. The number of nitrogens with zero attached hydrogens (tertiary/aromatic N) is 3. The molecule has 0 saturated carbocycles. The van der Waals surface area contributed by atoms with E-state index >= 15 is 0 Å². The van der Waals surface area contributed by atoms with Crippen molar-refractivity contribution in [2.45, 2.75) is 32.7 Å². The maximum atomic E-state index is 13.0. The summed E-state index contributed by atoms with van der Waals surface area (Å²) in [5.74, 6) is -0.299. The van der Waals surface area contributed by atoms with Crippen molar-refractivity contribution in [3.05, 3.63) is 58.9 Å². The third kappa shape index (κ3) is 3.09. The lowest BCUT2D eigenvalue weighted by Gasteiger charge is -2.22. The normalized spacial score (nSPS) is 19.7. The predicted molar refractivity (Wildman–Crippen MR) is 93.0 cm³/mol. The molecule has 6 heteroatoms. The first-order valence-corrected chi connectivity index (χ1v) is 7.93. The molecule has 0 radical (unpaired) electrons. The van der Waals surface area contributed by atoms with Gasteiger partial charge < -0.3 is 5.32 Å². The minimum Gasteiger partial charge on any atom is -0.323 e. The first-order chi connectivity index (χ1) is 11.8. The molecule has 1 saturated heterocycles. The number of amides is 3. The molecular weight excluding hydrogens is 316 g/mol. The topological polar surface area (TPSA) is 86.1 Å². The minimum atomic E-state index is -1.03. The third-order valence-corrected chi connectivity index (χ3v) is 4.23. The van der Waals surface area contributed by atoms with Crippen LogP contribution in [0.25, 0.3) is 0 Å². The first-order valence-electron chi connectivity index (χ1n) is 7.93. The Hall–Kier alpha value is -3.20. The van der Waals surface area contributed by atoms with Gasteiger partial charge in [0.25, 0.3) is 5.91 Å². The highest BCUT2D eigenvalue weighted by atomic mass is 16.2. The number of hydrogen-bond donors (Lipinski definition) is 1. The van der Waals surface area contributed by atoms with Crippen LogP contribution in [-0.2, 0) is 11.2 Å². The molecule has 1 unspecified atom stereocenters. The van der Waals surface area contributed by atoms with Crippen molar-refractivity contribution in [2.75, 3.05) is 4.90 Å². The number of aryl methyl sites for hydroxylation is 2. The number of benzene rings is 1. The van der Waals surface area contributed by atoms with E-state index in [2.05, 4.69) is 16.4 Å². The second kappa shape index (κ2) is 6.02. The molecule has 0 aliphatic carbocycles. The van der Waals surface area contributed by atoms with Crippen LogP contribution in [0.3, 0.4) is 0 Å². The fraction of sp³-hybridized carbons (Fsp3) is 0.263. The van der Waals surface area contributed by atoms with Crippen molar-refractivity contribution in [3.63, 3.8) is 0 Å². The molecule has 126 valence electrons. The molecule has 6 nitrogen and oxygen atoms in total. The first kappa shape index (κ1) is 16.7. The maximum absolute atomic E-state index is 13.0. The van der Waals surface area contributed by atoms with Gasteiger partial charge >= 0.3 is 6.03 Å². The molecule has 1 aromatic carbocycles. The van der Waals surface area contributed by atoms with Crippen molar-refractivity contribution in [3.8, 4) is 6.07 Å². The summed E-state index contributed by atoms with van der Waals surface area (Å²) in [5.41, 5.74) is 2.42. The van der Waals surface area contributed by atoms with E-state index in [1.807, 2.05) is 13.8 Å². The van der Waals surface area contributed by atoms with E-state index in [1.54, 1.807) is 43.3 Å². The molecule has 0 spiro atoms. The minimum absolute atomic E-state index is 0.299. The summed E-state index contributed by atoms with van der Waals surface area (Å²) in [6, 6.07) is 12.1. The molecule has 1 aromatic heterocycles. The van der Waals surface area contributed by atoms with Gasteiger partial charge in [0.05, 0.1) is 17.3 Å². The van der Waals surface area contributed by atoms with Gasteiger partial charge in [0.15, 0.2) is 0 Å². The van der Waals surface area contributed by atoms with Gasteiger partial charge in [-0.15, -0.1) is 0 Å². The Morgan fingerprint density at radius 2 is 1.76 bits per heavy atom. The van der Waals surface area contributed by atoms with Crippen LogP contribution in [0.15, 0.2) is 36.4 Å². The molecule has 0 bridgehead atoms. The van der Waals surface area contributed by atoms with Crippen molar-refractivity contribution >= 4 is 17.6 Å². The molecule has 1 aliphatic rings. The van der Waals surface area contributed by atoms with Crippen LogP contribution >= 0.6 is 0 Å². The van der Waals surface area contributed by atoms with Gasteiger partial charge in [0, 0.05) is 17.8 Å². The SMILES string of the molecule is Cc1cc(N2C(=O)NC(C)(Cc3ccc(C#N)cc3)C2=O)cc(C)n1. The van der Waals surface area contributed by atoms with Crippen LogP contribution in [0, 0.1) is 25.2 Å². The monoisotopic (exact) mass is 334 g/mol. The van der Waals surface area contributed by atoms with Crippen LogP contribution in [0.4, 0.5) is 10.5 Å². The average Bonchev–Trinajstić information content (AvgIpc) is 2.76. The van der Waals surface area contributed by atoms with Crippen molar-refractivity contribution < 1.29 is 9.59 Å². The highest BCUT2D eigenvalue weighted by Crippen LogP contribution is 2.28. The molecule has 1 atom stereocenters. The van der Waals surface area contributed by atoms with Crippen LogP contribution in [0.5, 0.6) is 0 Å². The quantitative estimate of drug-likeness (QED) is 0.874. The van der Waals surface area contributed by atoms with E-state index in [0.29, 0.717) is 17.7 Å². The Morgan fingerprint density at radius 3 is 2.32 bits per heavy atom. The van der Waals surface area contributed by atoms with Crippen molar-refractivity contribution in [1.82, 2.24) is 10.3 Å². The standard InChI is InChI=1S/C19H18N4O2/c1-12-8-16(9-13(2)21-12)23-17(24)19(3,22-18(23)25)10-14-4-6-15(11-20)7-5-14/h4-9H,10H2,1-3H3,(H,22,25). The number of anilines is 1. The van der Waals surface area contributed by atoms with E-state index in [4.69, 9.17) is 5.26 Å². The van der Waals surface area contributed by atoms with Crippen LogP contribution < -0.4 is 10.2 Å². The summed E-state index contributed by atoms with van der Waals surface area (Å²) in [7, 11) is 0. The van der Waals surface area contributed by atoms with Gasteiger partial charge in [-0.1, -0.05) is 12.1 Å². The van der Waals surface area contributed by atoms with Gasteiger partial charge in [-0.2, -0.15) is 5.26 Å². The number of carbonyl (C=O) groups excluding carboxylic acids is 2. The Bertz CT molecular complexity index is 878. The number of carbonyl (C=O) groups is 2. The summed E-state index contributed by atoms with van der Waals surface area (Å²) >= 11 is 0. The zero-order valence-electron chi connectivity index (χ0n) is 14.3. The fourth-order valence-electron chi connectivity index (χ4n) is 3.09. The van der Waals surface area contributed by atoms with Crippen LogP contribution in [-0.4, -0.2) is 22.5 Å². The van der Waals surface area contributed by atoms with Gasteiger partial charge in [-0.25, -0.2) is 9.69 Å². The fourth-order valence-corrected chi connectivity index (χ4v) is 3.09. The van der Waals surface area contributed by atoms with E-state index in [1.165, 1.54) is 4.90 Å². The summed E-state index contributed by atoms with van der Waals surface area (Å²) in [5, 5.41) is 11.7. The van der Waals surface area contributed by atoms with Gasteiger partial charge in [0.2, 0.25) is 0 Å². The average molecular weight is 334 g/mol. The van der Waals surface area contributed by atoms with E-state index in [9.17, 15) is 9.59 Å². The van der Waals surface area contributed by atoms with Gasteiger partial charge in [0.1, 0.15) is 5.54 Å².